The first-order valence-electron chi connectivity index (χ1n) is 28.7. The molecule has 18 nitrogen and oxygen atoms in total. The van der Waals surface area contributed by atoms with E-state index in [9.17, 15) is 28.8 Å². The van der Waals surface area contributed by atoms with Crippen LogP contribution in [0, 0.1) is 34.5 Å². The van der Waals surface area contributed by atoms with E-state index in [1.165, 1.54) is 9.80 Å². The second-order valence-electron chi connectivity index (χ2n) is 25.0. The predicted octanol–water partition coefficient (Wildman–Crippen LogP) is 10.0. The molecule has 2 aromatic heterocycles. The van der Waals surface area contributed by atoms with Crippen molar-refractivity contribution in [2.45, 2.75) is 194 Å². The Morgan fingerprint density at radius 3 is 1.39 bits per heavy atom. The molecule has 442 valence electrons. The van der Waals surface area contributed by atoms with E-state index >= 15 is 0 Å². The van der Waals surface area contributed by atoms with Crippen LogP contribution in [0.4, 0.5) is 9.59 Å². The number of carbonyl (C=O) groups excluding carboxylic acids is 6. The molecule has 4 fully saturated rings. The Balaban J connectivity index is 0.000000231. The Morgan fingerprint density at radius 2 is 0.951 bits per heavy atom. The van der Waals surface area contributed by atoms with Crippen LogP contribution in [0.1, 0.15) is 144 Å². The largest absolute Gasteiger partial charge is 0.540 e. The van der Waals surface area contributed by atoms with Gasteiger partial charge in [0.2, 0.25) is 23.6 Å². The zero-order valence-corrected chi connectivity index (χ0v) is 52.4. The molecule has 4 aliphatic heterocycles. The minimum Gasteiger partial charge on any atom is -0.540 e. The van der Waals surface area contributed by atoms with E-state index in [-0.39, 0.29) is 86.1 Å². The van der Waals surface area contributed by atoms with Crippen LogP contribution in [-0.2, 0) is 78.6 Å². The summed E-state index contributed by atoms with van der Waals surface area (Å²) in [5, 5.41) is 6.75. The van der Waals surface area contributed by atoms with E-state index in [2.05, 4.69) is 16.9 Å². The Bertz CT molecular complexity index is 2970. The van der Waals surface area contributed by atoms with Crippen molar-refractivity contribution in [3.8, 4) is 11.8 Å². The van der Waals surface area contributed by atoms with Crippen molar-refractivity contribution in [2.75, 3.05) is 13.1 Å². The average Bonchev–Trinajstić information content (AvgIpc) is 3.89. The third-order valence-corrected chi connectivity index (χ3v) is 17.4. The molecule has 82 heavy (non-hydrogen) atoms. The number of hydrogen-bond acceptors (Lipinski definition) is 14. The average molecular weight is 1240 g/mol. The van der Waals surface area contributed by atoms with Crippen molar-refractivity contribution < 1.29 is 84.8 Å². The third kappa shape index (κ3) is 15.2. The number of halogens is 2. The third-order valence-electron chi connectivity index (χ3n) is 16.9. The molecule has 4 amide bonds. The summed E-state index contributed by atoms with van der Waals surface area (Å²) in [6, 6.07) is 7.35. The second kappa shape index (κ2) is 27.5. The Labute approximate surface area is 514 Å². The molecular formula is C60H76Cl2N8O10V2-2. The molecule has 22 heteroatoms. The van der Waals surface area contributed by atoms with E-state index < -0.39 is 59.4 Å². The monoisotopic (exact) mass is 1240 g/mol. The van der Waals surface area contributed by atoms with Gasteiger partial charge in [-0.1, -0.05) is 116 Å². The molecule has 2 radical (unpaired) electrons. The molecule has 4 bridgehead atoms. The summed E-state index contributed by atoms with van der Waals surface area (Å²) in [7, 11) is 0. The summed E-state index contributed by atoms with van der Waals surface area (Å²) >= 11 is 12.5. The number of rotatable bonds is 2. The van der Waals surface area contributed by atoms with Gasteiger partial charge in [-0.3, -0.25) is 9.59 Å². The molecule has 6 heterocycles. The standard InChI is InChI=1S/C31H40ClN4O5.C29H36ClN4O5.2V/c1-18-24(17-37)36-16-26(18)40-28-22(33-21-14-13-20(32)15-23(21)34-28)11-7-5-6-9-19-10-8-12-25(19)41-30(39)35-27(29(36)38)31(2,3)4;1-16-22(15-35)34-14-24(16)38-26-20(31-19-11-10-18(30)13-21(19)32-26)9-7-5-6-8-17-12-23(17)39-28(37)33-25(27(34)36)29(2,3)4;;/h13-15,18-19,24-27H,5-12,16H2,1-4H3,(H,35,39);10-11,13,16-17,22-25H,5-9,12,14H2,1-4H3,(H,33,37);;/q2*-1;;/t18-,19+,24+,25+,26-,27+;16-,17+,22+,23+,24-,25+;;/m00../s1. The molecule has 6 aliphatic rings. The summed E-state index contributed by atoms with van der Waals surface area (Å²) in [4.78, 5) is 100. The molecule has 12 atom stereocenters. The molecular weight excluding hydrogens is 1170 g/mol. The van der Waals surface area contributed by atoms with Crippen molar-refractivity contribution in [3.05, 3.63) is 57.8 Å². The Morgan fingerprint density at radius 1 is 0.524 bits per heavy atom. The molecule has 2 saturated heterocycles. The van der Waals surface area contributed by atoms with Crippen LogP contribution in [0.5, 0.6) is 11.8 Å². The maximum atomic E-state index is 14.0. The first-order chi connectivity index (χ1) is 38.1. The van der Waals surface area contributed by atoms with Gasteiger partial charge in [-0.05, 0) is 135 Å². The summed E-state index contributed by atoms with van der Waals surface area (Å²) in [5.74, 6) is 0.0310. The number of benzene rings is 2. The quantitative estimate of drug-likeness (QED) is 0.178. The fourth-order valence-electron chi connectivity index (χ4n) is 12.0. The molecule has 0 spiro atoms. The fraction of sp³-hybridized carbons (Fsp3) is 0.633. The molecule has 2 aromatic carbocycles. The molecule has 0 unspecified atom stereocenters. The van der Waals surface area contributed by atoms with E-state index in [4.69, 9.17) is 62.1 Å². The summed E-state index contributed by atoms with van der Waals surface area (Å²) in [6.07, 6.45) is 14.5. The van der Waals surface area contributed by atoms with E-state index in [1.54, 1.807) is 24.3 Å². The first kappa shape index (κ1) is 64.8. The summed E-state index contributed by atoms with van der Waals surface area (Å²) < 4.78 is 24.4. The van der Waals surface area contributed by atoms with Gasteiger partial charge in [0.1, 0.15) is 47.9 Å². The number of amides is 4. The van der Waals surface area contributed by atoms with Gasteiger partial charge in [-0.25, -0.2) is 42.1 Å². The minimum absolute atomic E-state index is 0. The van der Waals surface area contributed by atoms with Gasteiger partial charge in [0.05, 0.1) is 35.2 Å². The van der Waals surface area contributed by atoms with Crippen molar-refractivity contribution in [1.29, 1.82) is 0 Å². The van der Waals surface area contributed by atoms with Crippen molar-refractivity contribution in [2.24, 2.45) is 34.5 Å². The van der Waals surface area contributed by atoms with Crippen molar-refractivity contribution >= 4 is 81.8 Å². The predicted molar refractivity (Wildman–Crippen MR) is 302 cm³/mol. The maximum Gasteiger partial charge on any atom is 0.408 e. The van der Waals surface area contributed by atoms with Crippen molar-refractivity contribution in [3.63, 3.8) is 0 Å². The van der Waals surface area contributed by atoms with Gasteiger partial charge in [-0.2, -0.15) is 0 Å². The summed E-state index contributed by atoms with van der Waals surface area (Å²) in [5.41, 5.74) is 2.98. The number of aromatic nitrogens is 4. The van der Waals surface area contributed by atoms with Crippen molar-refractivity contribution in [1.82, 2.24) is 40.4 Å². The van der Waals surface area contributed by atoms with Crippen LogP contribution in [-0.4, -0.2) is 128 Å². The number of fused-ring (bicyclic) bond motifs is 10. The topological polar surface area (TPSA) is 221 Å². The van der Waals surface area contributed by atoms with Gasteiger partial charge in [-0.15, -0.1) is 0 Å². The zero-order chi connectivity index (χ0) is 57.2. The smallest absolute Gasteiger partial charge is 0.408 e. The minimum atomic E-state index is -0.895. The van der Waals surface area contributed by atoms with Crippen LogP contribution >= 0.6 is 23.2 Å². The number of alkyl carbamates (subject to hydrolysis) is 2. The first-order valence-corrected chi connectivity index (χ1v) is 29.4. The number of hydrogen-bond donors (Lipinski definition) is 2. The SMILES string of the molecule is C[C@@H]1[C@@H]2CN(C(=O)[C@H](C(C)(C)C)NC(=O)O[C@@H]3CCC[C@H]3CCCCCc3nc4ccc(Cl)cc4nc3O2)[C@@H]1[C-]=O.C[C@@H]1[C@@H]2CN(C(=O)[C@H](C(C)(C)C)NC(=O)O[C@@H]3C[C@H]3CCCCCc3nc4ccc(Cl)cc4nc3O2)[C@@H]1[C-]=O.[V].[V]. The number of nitrogens with zero attached hydrogens (tertiary/aromatic N) is 6. The molecule has 2 N–H and O–H groups in total. The molecule has 2 aliphatic carbocycles. The van der Waals surface area contributed by atoms with Gasteiger partial charge < -0.3 is 49.0 Å². The van der Waals surface area contributed by atoms with Gasteiger partial charge in [0.25, 0.3) is 0 Å². The fourth-order valence-corrected chi connectivity index (χ4v) is 12.4. The van der Waals surface area contributed by atoms with E-state index in [1.807, 2.05) is 73.8 Å². The van der Waals surface area contributed by atoms with Crippen LogP contribution in [0.3, 0.4) is 0 Å². The maximum absolute atomic E-state index is 14.0. The Kier molecular flexibility index (Phi) is 21.8. The number of nitrogens with one attached hydrogen (secondary N) is 2. The van der Waals surface area contributed by atoms with Crippen LogP contribution in [0.25, 0.3) is 22.1 Å². The number of carbonyl (C=O) groups is 4. The van der Waals surface area contributed by atoms with Gasteiger partial charge in [0, 0.05) is 47.2 Å². The van der Waals surface area contributed by atoms with Crippen LogP contribution in [0.15, 0.2) is 36.4 Å². The normalized spacial score (nSPS) is 29.3. The second-order valence-corrected chi connectivity index (χ2v) is 25.9. The number of aryl methyl sites for hydroxylation is 2. The number of ether oxygens (including phenoxy) is 4. The molecule has 10 rings (SSSR count). The van der Waals surface area contributed by atoms with E-state index in [0.29, 0.717) is 57.5 Å². The van der Waals surface area contributed by atoms with Crippen LogP contribution in [0.2, 0.25) is 10.0 Å². The summed E-state index contributed by atoms with van der Waals surface area (Å²) in [6.45, 7) is 15.3. The Hall–Kier alpha value is -4.71. The molecule has 4 aromatic rings. The zero-order valence-electron chi connectivity index (χ0n) is 48.1. The van der Waals surface area contributed by atoms with Gasteiger partial charge in [0.15, 0.2) is 0 Å². The van der Waals surface area contributed by atoms with Gasteiger partial charge >= 0.3 is 12.2 Å². The van der Waals surface area contributed by atoms with E-state index in [0.717, 1.165) is 99.5 Å². The van der Waals surface area contributed by atoms with Crippen LogP contribution < -0.4 is 20.1 Å². The molecule has 2 saturated carbocycles.